The number of rotatable bonds is 14. The normalized spacial score (nSPS) is 20.1. The zero-order chi connectivity index (χ0) is 27.6. The topological polar surface area (TPSA) is 146 Å². The number of hydrazine groups is 1. The number of ketones is 1. The number of ether oxygens (including phenoxy) is 1. The minimum absolute atomic E-state index is 0.0464. The molecule has 0 spiro atoms. The first kappa shape index (κ1) is 30.9. The fourth-order valence-electron chi connectivity index (χ4n) is 5.64. The number of carbonyl (C=O) groups excluding carboxylic acids is 3. The Kier molecular flexibility index (Phi) is 12.2. The molecule has 1 saturated heterocycles. The summed E-state index contributed by atoms with van der Waals surface area (Å²) < 4.78 is 5.60. The molecule has 1 aromatic rings. The van der Waals surface area contributed by atoms with E-state index >= 15 is 0 Å². The second-order valence-electron chi connectivity index (χ2n) is 11.0. The number of carbonyl (C=O) groups is 3. The largest absolute Gasteiger partial charge is 0.350 e. The van der Waals surface area contributed by atoms with Gasteiger partial charge in [-0.1, -0.05) is 58.0 Å². The van der Waals surface area contributed by atoms with E-state index in [1.165, 1.54) is 0 Å². The van der Waals surface area contributed by atoms with Gasteiger partial charge in [-0.25, -0.2) is 16.2 Å². The second-order valence-corrected chi connectivity index (χ2v) is 11.0. The van der Waals surface area contributed by atoms with E-state index in [0.29, 0.717) is 32.3 Å². The van der Waals surface area contributed by atoms with Crippen LogP contribution >= 0.6 is 0 Å². The van der Waals surface area contributed by atoms with Gasteiger partial charge in [0, 0.05) is 18.4 Å². The van der Waals surface area contributed by atoms with Crippen LogP contribution in [0.4, 0.5) is 0 Å². The van der Waals surface area contributed by atoms with Gasteiger partial charge in [0.2, 0.25) is 11.8 Å². The van der Waals surface area contributed by atoms with Gasteiger partial charge >= 0.3 is 0 Å². The van der Waals surface area contributed by atoms with E-state index in [-0.39, 0.29) is 17.6 Å². The molecule has 1 heterocycles. The van der Waals surface area contributed by atoms with Gasteiger partial charge in [-0.2, -0.15) is 0 Å². The quantitative estimate of drug-likeness (QED) is 0.168. The lowest BCUT2D eigenvalue weighted by Crippen LogP contribution is -2.58. The zero-order valence-electron chi connectivity index (χ0n) is 23.0. The van der Waals surface area contributed by atoms with Crippen molar-refractivity contribution in [1.29, 1.82) is 0 Å². The minimum atomic E-state index is -1.24. The van der Waals surface area contributed by atoms with Crippen molar-refractivity contribution in [2.24, 2.45) is 40.7 Å². The molecule has 0 saturated carbocycles. The smallest absolute Gasteiger partial charge is 0.248 e. The Bertz CT molecular complexity index is 871. The summed E-state index contributed by atoms with van der Waals surface area (Å²) in [4.78, 5) is 46.9. The molecule has 6 N–H and O–H groups in total. The van der Waals surface area contributed by atoms with Gasteiger partial charge in [-0.3, -0.25) is 19.8 Å². The van der Waals surface area contributed by atoms with Gasteiger partial charge in [0.15, 0.2) is 12.1 Å². The Hall–Kier alpha value is -2.33. The molecule has 1 fully saturated rings. The third-order valence-corrected chi connectivity index (χ3v) is 7.21. The number of hydroxylamine groups is 1. The lowest BCUT2D eigenvalue weighted by Gasteiger charge is -2.45. The van der Waals surface area contributed by atoms with Crippen LogP contribution in [-0.4, -0.2) is 36.5 Å². The summed E-state index contributed by atoms with van der Waals surface area (Å²) in [7, 11) is 0. The van der Waals surface area contributed by atoms with Gasteiger partial charge in [-0.15, -0.1) is 0 Å². The molecule has 9 nitrogen and oxygen atoms in total. The van der Waals surface area contributed by atoms with Crippen LogP contribution in [0, 0.1) is 29.1 Å². The Morgan fingerprint density at radius 1 is 1.08 bits per heavy atom. The Morgan fingerprint density at radius 3 is 2.27 bits per heavy atom. The first-order valence-electron chi connectivity index (χ1n) is 13.4. The number of hydrogen-bond acceptors (Lipinski definition) is 7. The van der Waals surface area contributed by atoms with E-state index in [2.05, 4.69) is 10.9 Å². The van der Waals surface area contributed by atoms with Crippen LogP contribution < -0.4 is 22.5 Å². The molecule has 1 aliphatic heterocycles. The van der Waals surface area contributed by atoms with E-state index < -0.39 is 41.4 Å². The summed E-state index contributed by atoms with van der Waals surface area (Å²) >= 11 is 0. The predicted molar refractivity (Wildman–Crippen MR) is 142 cm³/mol. The van der Waals surface area contributed by atoms with Crippen LogP contribution in [0.3, 0.4) is 0 Å². The number of nitrogens with one attached hydrogen (secondary N) is 2. The van der Waals surface area contributed by atoms with Crippen molar-refractivity contribution in [2.75, 3.05) is 6.61 Å². The zero-order valence-corrected chi connectivity index (χ0v) is 23.0. The maximum absolute atomic E-state index is 14.1. The molecule has 0 radical (unpaired) electrons. The first-order valence-corrected chi connectivity index (χ1v) is 13.4. The van der Waals surface area contributed by atoms with Crippen LogP contribution in [0.15, 0.2) is 30.3 Å². The molecule has 2 rings (SSSR count). The molecular weight excluding hydrogens is 472 g/mol. The number of Topliss-reactive ketones (excluding diaryl/α,β-unsaturated/α-hetero) is 1. The summed E-state index contributed by atoms with van der Waals surface area (Å²) in [6.45, 7) is 9.87. The van der Waals surface area contributed by atoms with E-state index in [9.17, 15) is 14.4 Å². The highest BCUT2D eigenvalue weighted by Crippen LogP contribution is 2.47. The van der Waals surface area contributed by atoms with Gasteiger partial charge in [0.1, 0.15) is 0 Å². The lowest BCUT2D eigenvalue weighted by molar-refractivity contribution is -0.205. The van der Waals surface area contributed by atoms with Crippen LogP contribution in [0.1, 0.15) is 72.3 Å². The standard InChI is InChI=1S/C28H46N4O5/c1-18(2)17-28(25(33)20(5)29,15-14-21-11-7-6-8-12-21)24(23(19(3)4)26(34)31-30)27(35)32-37-22-13-9-10-16-36-22/h6-8,11-12,18-20,22-24H,9-10,13-17,29-30H2,1-5H3,(H,31,34)(H,32,35)/t20-,22?,23-,24?,28?/m1/s1. The fourth-order valence-corrected chi connectivity index (χ4v) is 5.64. The summed E-state index contributed by atoms with van der Waals surface area (Å²) in [5.41, 5.74) is 10.8. The Morgan fingerprint density at radius 2 is 1.76 bits per heavy atom. The van der Waals surface area contributed by atoms with Gasteiger partial charge in [0.25, 0.3) is 0 Å². The van der Waals surface area contributed by atoms with Crippen molar-refractivity contribution in [3.63, 3.8) is 0 Å². The highest BCUT2D eigenvalue weighted by Gasteiger charge is 2.55. The molecule has 0 aliphatic carbocycles. The molecule has 37 heavy (non-hydrogen) atoms. The van der Waals surface area contributed by atoms with Crippen molar-refractivity contribution < 1.29 is 24.0 Å². The monoisotopic (exact) mass is 518 g/mol. The molecule has 1 aromatic carbocycles. The van der Waals surface area contributed by atoms with Crippen molar-refractivity contribution >= 4 is 17.6 Å². The lowest BCUT2D eigenvalue weighted by atomic mass is 9.57. The van der Waals surface area contributed by atoms with Crippen LogP contribution in [0.25, 0.3) is 0 Å². The van der Waals surface area contributed by atoms with Crippen LogP contribution in [0.2, 0.25) is 0 Å². The third kappa shape index (κ3) is 8.33. The van der Waals surface area contributed by atoms with Crippen molar-refractivity contribution in [2.45, 2.75) is 85.5 Å². The predicted octanol–water partition coefficient (Wildman–Crippen LogP) is 3.02. The van der Waals surface area contributed by atoms with Crippen molar-refractivity contribution in [3.8, 4) is 0 Å². The van der Waals surface area contributed by atoms with Gasteiger partial charge < -0.3 is 10.5 Å². The van der Waals surface area contributed by atoms with E-state index in [4.69, 9.17) is 21.2 Å². The molecule has 2 amide bonds. The summed E-state index contributed by atoms with van der Waals surface area (Å²) in [5, 5.41) is 0. The van der Waals surface area contributed by atoms with Gasteiger partial charge in [0.05, 0.1) is 17.9 Å². The average Bonchev–Trinajstić information content (AvgIpc) is 2.88. The molecule has 5 atom stereocenters. The number of aryl methyl sites for hydroxylation is 1. The summed E-state index contributed by atoms with van der Waals surface area (Å²) in [6.07, 6.45) is 3.18. The maximum atomic E-state index is 14.1. The fraction of sp³-hybridized carbons (Fsp3) is 0.679. The van der Waals surface area contributed by atoms with Crippen LogP contribution in [0.5, 0.6) is 0 Å². The highest BCUT2D eigenvalue weighted by atomic mass is 16.8. The van der Waals surface area contributed by atoms with E-state index in [1.807, 2.05) is 58.0 Å². The second kappa shape index (κ2) is 14.6. The highest BCUT2D eigenvalue weighted by molar-refractivity contribution is 5.97. The number of nitrogens with two attached hydrogens (primary N) is 2. The first-order chi connectivity index (χ1) is 17.5. The SMILES string of the molecule is CC(C)CC(CCc1ccccc1)(C(=O)[C@@H](C)N)C(C(=O)NOC1CCCCO1)[C@H](C(=O)NN)C(C)C. The van der Waals surface area contributed by atoms with Crippen molar-refractivity contribution in [3.05, 3.63) is 35.9 Å². The maximum Gasteiger partial charge on any atom is 0.248 e. The molecular formula is C28H46N4O5. The number of benzene rings is 1. The molecule has 0 aromatic heterocycles. The van der Waals surface area contributed by atoms with E-state index in [0.717, 1.165) is 18.4 Å². The van der Waals surface area contributed by atoms with E-state index in [1.54, 1.807) is 6.92 Å². The third-order valence-electron chi connectivity index (χ3n) is 7.21. The van der Waals surface area contributed by atoms with Gasteiger partial charge in [-0.05, 0) is 56.4 Å². The Labute approximate surface area is 221 Å². The summed E-state index contributed by atoms with van der Waals surface area (Å²) in [6, 6.07) is 8.95. The average molecular weight is 519 g/mol. The molecule has 3 unspecified atom stereocenters. The minimum Gasteiger partial charge on any atom is -0.350 e. The molecule has 0 bridgehead atoms. The van der Waals surface area contributed by atoms with Crippen LogP contribution in [-0.2, 0) is 30.4 Å². The van der Waals surface area contributed by atoms with Crippen molar-refractivity contribution in [1.82, 2.24) is 10.9 Å². The number of amides is 2. The Balaban J connectivity index is 2.61. The molecule has 9 heteroatoms. The number of hydrogen-bond donors (Lipinski definition) is 4. The summed E-state index contributed by atoms with van der Waals surface area (Å²) in [5.74, 6) is 2.09. The molecule has 1 aliphatic rings. The molecule has 208 valence electrons.